The van der Waals surface area contributed by atoms with E-state index in [1.165, 1.54) is 14.2 Å². The Hall–Kier alpha value is -6.70. The van der Waals surface area contributed by atoms with Gasteiger partial charge in [0, 0.05) is 17.5 Å². The van der Waals surface area contributed by atoms with Crippen molar-refractivity contribution in [1.29, 1.82) is 0 Å². The summed E-state index contributed by atoms with van der Waals surface area (Å²) in [4.78, 5) is 74.0. The number of nitrogens with one attached hydrogen (secondary N) is 4. The molecule has 4 fully saturated rings. The summed E-state index contributed by atoms with van der Waals surface area (Å²) in [6.45, 7) is 6.04. The largest absolute Gasteiger partial charge is 0.453 e. The number of methoxy groups -OCH3 is 2. The van der Waals surface area contributed by atoms with Gasteiger partial charge in [0.25, 0.3) is 5.91 Å². The average Bonchev–Trinajstić information content (AvgIpc) is 4.04. The van der Waals surface area contributed by atoms with Crippen molar-refractivity contribution in [2.24, 2.45) is 23.7 Å². The second kappa shape index (κ2) is 15.9. The van der Waals surface area contributed by atoms with Crippen molar-refractivity contribution in [3.63, 3.8) is 0 Å². The van der Waals surface area contributed by atoms with Gasteiger partial charge >= 0.3 is 12.2 Å². The number of alkyl carbamates (subject to hydrolysis) is 2. The van der Waals surface area contributed by atoms with Gasteiger partial charge in [-0.2, -0.15) is 0 Å². The number of benzene rings is 4. The molecule has 2 aliphatic heterocycles. The zero-order valence-corrected chi connectivity index (χ0v) is 36.0. The molecule has 14 nitrogen and oxygen atoms in total. The molecule has 4 N–H and O–H groups in total. The van der Waals surface area contributed by atoms with E-state index in [9.17, 15) is 19.2 Å². The standard InChI is InChI=1S/C49H52N8O6/c1-25(2)39(54-48(60)62-4)46(58)57-38(23-35-26(3)42(35)57)44-51-36-20-17-31-21-30(16-19-34(31)41(36)53-44)27-11-13-28(14-12-27)37-24-50-45(52-37)43-32-15-18-33(22-32)56(43)47(59)40(55-49(61)63-5)29-9-7-6-8-10-29/h6-14,16-17,19-21,24-26,32-33,35,38-40,42-43H,15,18,22-23H2,1-5H3,(H,50,52)(H,51,53)(H,54,60)(H,55,61)/t26-,32+,33-,35?,38+,39+,40-,42?,43+/m1/s1. The van der Waals surface area contributed by atoms with Crippen LogP contribution in [0, 0.1) is 23.7 Å². The van der Waals surface area contributed by atoms with Crippen LogP contribution >= 0.6 is 0 Å². The fourth-order valence-corrected chi connectivity index (χ4v) is 10.9. The number of carbonyl (C=O) groups is 4. The van der Waals surface area contributed by atoms with Crippen LogP contribution in [0.1, 0.15) is 81.8 Å². The van der Waals surface area contributed by atoms with E-state index in [4.69, 9.17) is 19.4 Å². The molecule has 0 radical (unpaired) electrons. The summed E-state index contributed by atoms with van der Waals surface area (Å²) in [7, 11) is 2.61. The van der Waals surface area contributed by atoms with Crippen LogP contribution in [0.5, 0.6) is 0 Å². The summed E-state index contributed by atoms with van der Waals surface area (Å²) in [5.74, 6) is 2.20. The van der Waals surface area contributed by atoms with Gasteiger partial charge < -0.3 is 39.9 Å². The lowest BCUT2D eigenvalue weighted by atomic mass is 9.96. The molecule has 2 bridgehead atoms. The first kappa shape index (κ1) is 40.4. The van der Waals surface area contributed by atoms with Crippen LogP contribution in [0.2, 0.25) is 0 Å². The summed E-state index contributed by atoms with van der Waals surface area (Å²) in [6.07, 6.45) is 4.22. The van der Waals surface area contributed by atoms with Crippen molar-refractivity contribution < 1.29 is 28.7 Å². The second-order valence-corrected chi connectivity index (χ2v) is 18.0. The zero-order chi connectivity index (χ0) is 43.7. The molecule has 9 atom stereocenters. The first-order chi connectivity index (χ1) is 30.5. The van der Waals surface area contributed by atoms with Gasteiger partial charge in [-0.05, 0) is 89.1 Å². The molecule has 2 saturated heterocycles. The Kier molecular flexibility index (Phi) is 10.2. The Morgan fingerprint density at radius 1 is 0.778 bits per heavy atom. The number of amides is 4. The fourth-order valence-electron chi connectivity index (χ4n) is 10.9. The monoisotopic (exact) mass is 848 g/mol. The smallest absolute Gasteiger partial charge is 0.407 e. The van der Waals surface area contributed by atoms with Gasteiger partial charge in [0.15, 0.2) is 0 Å². The number of fused-ring (bicyclic) bond motifs is 6. The molecule has 2 aliphatic carbocycles. The molecule has 2 unspecified atom stereocenters. The molecule has 4 aliphatic rings. The third kappa shape index (κ3) is 7.05. The number of hydrogen-bond acceptors (Lipinski definition) is 8. The minimum Gasteiger partial charge on any atom is -0.453 e. The Morgan fingerprint density at radius 2 is 1.51 bits per heavy atom. The molecule has 2 saturated carbocycles. The molecule has 4 aromatic carbocycles. The lowest BCUT2D eigenvalue weighted by Gasteiger charge is -2.36. The van der Waals surface area contributed by atoms with Crippen molar-refractivity contribution >= 4 is 45.8 Å². The number of H-pyrrole nitrogens is 2. The van der Waals surface area contributed by atoms with Crippen LogP contribution < -0.4 is 10.6 Å². The van der Waals surface area contributed by atoms with Gasteiger partial charge in [0.05, 0.1) is 49.2 Å². The highest BCUT2D eigenvalue weighted by Crippen LogP contribution is 2.58. The summed E-state index contributed by atoms with van der Waals surface area (Å²) in [6, 6.07) is 26.4. The molecule has 63 heavy (non-hydrogen) atoms. The van der Waals surface area contributed by atoms with Crippen molar-refractivity contribution in [1.82, 2.24) is 40.4 Å². The van der Waals surface area contributed by atoms with Gasteiger partial charge in [-0.25, -0.2) is 19.6 Å². The van der Waals surface area contributed by atoms with Crippen molar-refractivity contribution in [2.75, 3.05) is 14.2 Å². The number of piperidine rings is 2. The van der Waals surface area contributed by atoms with Crippen LogP contribution in [-0.4, -0.2) is 86.1 Å². The number of carbonyl (C=O) groups excluding carboxylic acids is 4. The molecule has 324 valence electrons. The molecule has 2 aromatic heterocycles. The van der Waals surface area contributed by atoms with Gasteiger partial charge in [0.1, 0.15) is 23.7 Å². The Labute approximate surface area is 365 Å². The van der Waals surface area contributed by atoms with E-state index in [1.54, 1.807) is 0 Å². The van der Waals surface area contributed by atoms with E-state index in [-0.39, 0.29) is 47.8 Å². The number of aromatic amines is 2. The molecule has 14 heteroatoms. The number of likely N-dealkylation sites (tertiary alicyclic amines) is 2. The van der Waals surface area contributed by atoms with E-state index >= 15 is 0 Å². The lowest BCUT2D eigenvalue weighted by molar-refractivity contribution is -0.138. The van der Waals surface area contributed by atoms with Crippen molar-refractivity contribution in [3.05, 3.63) is 108 Å². The van der Waals surface area contributed by atoms with Crippen LogP contribution in [0.25, 0.3) is 44.2 Å². The van der Waals surface area contributed by atoms with Crippen molar-refractivity contribution in [3.8, 4) is 22.4 Å². The zero-order valence-electron chi connectivity index (χ0n) is 36.0. The van der Waals surface area contributed by atoms with E-state index in [0.29, 0.717) is 17.4 Å². The van der Waals surface area contributed by atoms with Gasteiger partial charge in [-0.15, -0.1) is 0 Å². The SMILES string of the molecule is COC(=O)N[C@H](C(=O)N1C2C(C[C@H]1c1nc3ccc4cc(-c5ccc(-c6cnc([C@@H]7[C@H]8CC[C@H](C8)N7C(=O)[C@H](NC(=O)OC)c7ccccc7)[nH]6)cc5)ccc4c3[nH]1)[C@H]2C)C(C)C. The van der Waals surface area contributed by atoms with Gasteiger partial charge in [0.2, 0.25) is 5.91 Å². The van der Waals surface area contributed by atoms with E-state index in [2.05, 4.69) is 76.1 Å². The quantitative estimate of drug-likeness (QED) is 0.107. The van der Waals surface area contributed by atoms with Crippen molar-refractivity contribution in [2.45, 2.75) is 82.7 Å². The minimum atomic E-state index is -0.878. The van der Waals surface area contributed by atoms with Crippen LogP contribution in [0.4, 0.5) is 9.59 Å². The van der Waals surface area contributed by atoms with E-state index in [0.717, 1.165) is 81.5 Å². The highest BCUT2D eigenvalue weighted by Gasteiger charge is 2.61. The maximum absolute atomic E-state index is 14.3. The average molecular weight is 849 g/mol. The Morgan fingerprint density at radius 3 is 2.25 bits per heavy atom. The molecule has 4 heterocycles. The lowest BCUT2D eigenvalue weighted by Crippen LogP contribution is -2.52. The minimum absolute atomic E-state index is 0.0722. The fraction of sp³-hybridized carbons (Fsp3) is 0.388. The van der Waals surface area contributed by atoms with Gasteiger partial charge in [-0.1, -0.05) is 93.6 Å². The number of imidazole rings is 2. The molecular weight excluding hydrogens is 797 g/mol. The van der Waals surface area contributed by atoms with E-state index < -0.39 is 24.3 Å². The number of aromatic nitrogens is 4. The first-order valence-electron chi connectivity index (χ1n) is 22.0. The molecule has 6 aromatic rings. The van der Waals surface area contributed by atoms with Gasteiger partial charge in [-0.3, -0.25) is 9.59 Å². The summed E-state index contributed by atoms with van der Waals surface area (Å²) in [5, 5.41) is 7.66. The highest BCUT2D eigenvalue weighted by atomic mass is 16.5. The number of rotatable bonds is 10. The number of hydrogen-bond donors (Lipinski definition) is 4. The second-order valence-electron chi connectivity index (χ2n) is 18.0. The predicted octanol–water partition coefficient (Wildman–Crippen LogP) is 8.21. The Bertz CT molecular complexity index is 2730. The maximum Gasteiger partial charge on any atom is 0.407 e. The summed E-state index contributed by atoms with van der Waals surface area (Å²) >= 11 is 0. The van der Waals surface area contributed by atoms with Crippen LogP contribution in [0.15, 0.2) is 91.1 Å². The highest BCUT2D eigenvalue weighted by molar-refractivity contribution is 6.05. The Balaban J connectivity index is 0.876. The maximum atomic E-state index is 14.3. The van der Waals surface area contributed by atoms with Crippen LogP contribution in [-0.2, 0) is 19.1 Å². The molecule has 0 spiro atoms. The topological polar surface area (TPSA) is 175 Å². The third-order valence-corrected chi connectivity index (χ3v) is 14.2. The first-order valence-corrected chi connectivity index (χ1v) is 22.0. The van der Waals surface area contributed by atoms with Crippen LogP contribution in [0.3, 0.4) is 0 Å². The third-order valence-electron chi connectivity index (χ3n) is 14.2. The number of nitrogens with zero attached hydrogens (tertiary/aromatic N) is 4. The molecule has 10 rings (SSSR count). The predicted molar refractivity (Wildman–Crippen MR) is 237 cm³/mol. The number of ether oxygens (including phenoxy) is 2. The normalized spacial score (nSPS) is 24.4. The summed E-state index contributed by atoms with van der Waals surface area (Å²) in [5.41, 5.74) is 6.45. The molecule has 4 amide bonds. The summed E-state index contributed by atoms with van der Waals surface area (Å²) < 4.78 is 9.75. The van der Waals surface area contributed by atoms with E-state index in [1.807, 2.05) is 66.2 Å². The molecular formula is C49H52N8O6.